The van der Waals surface area contributed by atoms with E-state index in [2.05, 4.69) is 14.9 Å². The predicted octanol–water partition coefficient (Wildman–Crippen LogP) is 1.77. The van der Waals surface area contributed by atoms with E-state index in [-0.39, 0.29) is 10.8 Å². The van der Waals surface area contributed by atoms with Crippen LogP contribution in [0.4, 0.5) is 11.4 Å². The predicted molar refractivity (Wildman–Crippen MR) is 127 cm³/mol. The molecule has 0 bridgehead atoms. The number of carbonyl (C=O) groups excluding carboxylic acids is 1. The quantitative estimate of drug-likeness (QED) is 0.631. The number of rotatable bonds is 7. The first-order chi connectivity index (χ1) is 16.0. The van der Waals surface area contributed by atoms with Gasteiger partial charge in [-0.1, -0.05) is 0 Å². The molecule has 0 spiro atoms. The Labute approximate surface area is 194 Å². The lowest BCUT2D eigenvalue weighted by Gasteiger charge is -2.32. The summed E-state index contributed by atoms with van der Waals surface area (Å²) in [6.07, 6.45) is 0. The Hall–Kier alpha value is -2.82. The molecule has 0 unspecified atom stereocenters. The summed E-state index contributed by atoms with van der Waals surface area (Å²) in [7, 11) is -3.87. The molecule has 2 aliphatic rings. The molecule has 33 heavy (non-hydrogen) atoms. The number of benzene rings is 2. The van der Waals surface area contributed by atoms with E-state index >= 15 is 0 Å². The Kier molecular flexibility index (Phi) is 7.36. The third-order valence-corrected chi connectivity index (χ3v) is 7.07. The van der Waals surface area contributed by atoms with Crippen molar-refractivity contribution in [3.05, 3.63) is 48.0 Å². The number of amides is 1. The van der Waals surface area contributed by atoms with Crippen LogP contribution in [0.1, 0.15) is 17.3 Å². The highest BCUT2D eigenvalue weighted by Crippen LogP contribution is 2.31. The van der Waals surface area contributed by atoms with Gasteiger partial charge in [-0.3, -0.25) is 9.52 Å². The van der Waals surface area contributed by atoms with Crippen LogP contribution >= 0.6 is 0 Å². The lowest BCUT2D eigenvalue weighted by molar-refractivity contribution is 0.0303. The molecule has 0 radical (unpaired) electrons. The monoisotopic (exact) mass is 474 g/mol. The maximum Gasteiger partial charge on any atom is 0.261 e. The Bertz CT molecular complexity index is 1060. The van der Waals surface area contributed by atoms with Gasteiger partial charge in [0.05, 0.1) is 36.1 Å². The summed E-state index contributed by atoms with van der Waals surface area (Å²) in [6.45, 7) is 7.51. The van der Waals surface area contributed by atoms with Gasteiger partial charge >= 0.3 is 0 Å². The molecule has 2 aromatic carbocycles. The fraction of sp³-hybridized carbons (Fsp3) is 0.435. The summed E-state index contributed by atoms with van der Waals surface area (Å²) in [4.78, 5) is 17.0. The van der Waals surface area contributed by atoms with Crippen molar-refractivity contribution in [2.45, 2.75) is 11.8 Å². The van der Waals surface area contributed by atoms with Crippen LogP contribution in [0.15, 0.2) is 47.4 Å². The van der Waals surface area contributed by atoms with Gasteiger partial charge in [0, 0.05) is 44.8 Å². The van der Waals surface area contributed by atoms with E-state index in [1.807, 2.05) is 13.0 Å². The SMILES string of the molecule is CCOc1ccc(S(=O)(=O)Nc2cc(C(=O)N3CCOCC3)ccc2N2CCNCC2)cc1. The van der Waals surface area contributed by atoms with Gasteiger partial charge in [-0.15, -0.1) is 0 Å². The summed E-state index contributed by atoms with van der Waals surface area (Å²) in [5, 5.41) is 3.30. The summed E-state index contributed by atoms with van der Waals surface area (Å²) in [5.74, 6) is 0.475. The van der Waals surface area contributed by atoms with E-state index in [1.165, 1.54) is 12.1 Å². The molecular formula is C23H30N4O5S. The van der Waals surface area contributed by atoms with Crippen molar-refractivity contribution in [1.82, 2.24) is 10.2 Å². The Morgan fingerprint density at radius 3 is 2.42 bits per heavy atom. The Balaban J connectivity index is 1.64. The molecule has 2 heterocycles. The molecule has 2 saturated heterocycles. The summed E-state index contributed by atoms with van der Waals surface area (Å²) in [5.41, 5.74) is 1.59. The first-order valence-electron chi connectivity index (χ1n) is 11.2. The third-order valence-electron chi connectivity index (χ3n) is 5.69. The number of piperazine rings is 1. The zero-order valence-corrected chi connectivity index (χ0v) is 19.6. The van der Waals surface area contributed by atoms with Gasteiger partial charge in [0.15, 0.2) is 0 Å². The number of sulfonamides is 1. The molecule has 10 heteroatoms. The van der Waals surface area contributed by atoms with E-state index in [9.17, 15) is 13.2 Å². The number of morpholine rings is 1. The van der Waals surface area contributed by atoms with Gasteiger partial charge in [0.25, 0.3) is 15.9 Å². The molecule has 2 aliphatic heterocycles. The van der Waals surface area contributed by atoms with E-state index in [0.29, 0.717) is 49.9 Å². The number of ether oxygens (including phenoxy) is 2. The largest absolute Gasteiger partial charge is 0.494 e. The Morgan fingerprint density at radius 2 is 1.76 bits per heavy atom. The van der Waals surface area contributed by atoms with Crippen LogP contribution in [0.2, 0.25) is 0 Å². The highest BCUT2D eigenvalue weighted by molar-refractivity contribution is 7.92. The minimum atomic E-state index is -3.87. The molecule has 4 rings (SSSR count). The highest BCUT2D eigenvalue weighted by Gasteiger charge is 2.24. The smallest absolute Gasteiger partial charge is 0.261 e. The van der Waals surface area contributed by atoms with Crippen LogP contribution in [0.25, 0.3) is 0 Å². The third kappa shape index (κ3) is 5.58. The average molecular weight is 475 g/mol. The van der Waals surface area contributed by atoms with Crippen molar-refractivity contribution in [3.63, 3.8) is 0 Å². The number of nitrogens with one attached hydrogen (secondary N) is 2. The van der Waals surface area contributed by atoms with Crippen LogP contribution in [-0.4, -0.2) is 78.3 Å². The molecule has 0 saturated carbocycles. The van der Waals surface area contributed by atoms with E-state index in [4.69, 9.17) is 9.47 Å². The normalized spacial score (nSPS) is 17.0. The zero-order chi connectivity index (χ0) is 23.3. The first-order valence-corrected chi connectivity index (χ1v) is 12.7. The van der Waals surface area contributed by atoms with Gasteiger partial charge in [-0.05, 0) is 49.4 Å². The van der Waals surface area contributed by atoms with Crippen LogP contribution in [0.5, 0.6) is 5.75 Å². The van der Waals surface area contributed by atoms with Crippen LogP contribution < -0.4 is 19.7 Å². The molecule has 0 atom stereocenters. The molecule has 2 N–H and O–H groups in total. The lowest BCUT2D eigenvalue weighted by Crippen LogP contribution is -2.44. The van der Waals surface area contributed by atoms with Crippen LogP contribution in [0, 0.1) is 0 Å². The molecule has 178 valence electrons. The maximum atomic E-state index is 13.2. The second-order valence-electron chi connectivity index (χ2n) is 7.88. The minimum absolute atomic E-state index is 0.127. The molecule has 9 nitrogen and oxygen atoms in total. The van der Waals surface area contributed by atoms with Gasteiger partial charge in [0.1, 0.15) is 5.75 Å². The van der Waals surface area contributed by atoms with E-state index in [1.54, 1.807) is 29.2 Å². The topological polar surface area (TPSA) is 100 Å². The molecule has 1 amide bonds. The second kappa shape index (κ2) is 10.4. The molecule has 2 aromatic rings. The average Bonchev–Trinajstić information content (AvgIpc) is 2.85. The molecule has 0 aliphatic carbocycles. The van der Waals surface area contributed by atoms with Crippen molar-refractivity contribution >= 4 is 27.3 Å². The van der Waals surface area contributed by atoms with Crippen molar-refractivity contribution in [3.8, 4) is 5.75 Å². The Morgan fingerprint density at radius 1 is 1.06 bits per heavy atom. The second-order valence-corrected chi connectivity index (χ2v) is 9.57. The summed E-state index contributed by atoms with van der Waals surface area (Å²) < 4.78 is 39.9. The van der Waals surface area contributed by atoms with E-state index in [0.717, 1.165) is 31.9 Å². The number of anilines is 2. The van der Waals surface area contributed by atoms with Gasteiger partial charge in [0.2, 0.25) is 0 Å². The first kappa shape index (κ1) is 23.3. The van der Waals surface area contributed by atoms with E-state index < -0.39 is 10.0 Å². The van der Waals surface area contributed by atoms with Gasteiger partial charge in [-0.2, -0.15) is 0 Å². The standard InChI is InChI=1S/C23H30N4O5S/c1-2-32-19-4-6-20(7-5-19)33(29,30)25-21-17-18(23(28)27-13-15-31-16-14-27)3-8-22(21)26-11-9-24-10-12-26/h3-8,17,24-25H,2,9-16H2,1H3. The molecule has 0 aromatic heterocycles. The van der Waals surface area contributed by atoms with Gasteiger partial charge < -0.3 is 24.6 Å². The summed E-state index contributed by atoms with van der Waals surface area (Å²) in [6, 6.07) is 11.5. The van der Waals surface area contributed by atoms with Gasteiger partial charge in [-0.25, -0.2) is 8.42 Å². The van der Waals surface area contributed by atoms with Crippen molar-refractivity contribution < 1.29 is 22.7 Å². The van der Waals surface area contributed by atoms with Crippen LogP contribution in [-0.2, 0) is 14.8 Å². The zero-order valence-electron chi connectivity index (χ0n) is 18.7. The van der Waals surface area contributed by atoms with Crippen molar-refractivity contribution in [2.75, 3.05) is 68.7 Å². The highest BCUT2D eigenvalue weighted by atomic mass is 32.2. The van der Waals surface area contributed by atoms with Crippen LogP contribution in [0.3, 0.4) is 0 Å². The molecule has 2 fully saturated rings. The number of hydrogen-bond donors (Lipinski definition) is 2. The fourth-order valence-electron chi connectivity index (χ4n) is 3.97. The summed E-state index contributed by atoms with van der Waals surface area (Å²) >= 11 is 0. The maximum absolute atomic E-state index is 13.2. The lowest BCUT2D eigenvalue weighted by atomic mass is 10.1. The van der Waals surface area contributed by atoms with Crippen molar-refractivity contribution in [2.24, 2.45) is 0 Å². The number of hydrogen-bond acceptors (Lipinski definition) is 7. The fourth-order valence-corrected chi connectivity index (χ4v) is 5.03. The number of carbonyl (C=O) groups is 1. The van der Waals surface area contributed by atoms with Crippen molar-refractivity contribution in [1.29, 1.82) is 0 Å². The minimum Gasteiger partial charge on any atom is -0.494 e. The number of nitrogens with zero attached hydrogens (tertiary/aromatic N) is 2. The molecular weight excluding hydrogens is 444 g/mol.